The number of hydrogen-bond donors (Lipinski definition) is 4. The Hall–Kier alpha value is -4.15. The second kappa shape index (κ2) is 14.8. The fraction of sp³-hybridized carbons (Fsp3) is 0.235. The minimum absolute atomic E-state index is 0.0176. The number of aliphatic hydroxyl groups excluding tert-OH is 1. The summed E-state index contributed by atoms with van der Waals surface area (Å²) in [5, 5.41) is 18.1. The summed E-state index contributed by atoms with van der Waals surface area (Å²) in [6.45, 7) is 1.89. The molecule has 3 atom stereocenters. The Labute approximate surface area is 255 Å². The summed E-state index contributed by atoms with van der Waals surface area (Å²) in [5.41, 5.74) is 5.05. The highest BCUT2D eigenvalue weighted by Gasteiger charge is 2.32. The van der Waals surface area contributed by atoms with Crippen LogP contribution in [0.25, 0.3) is 0 Å². The monoisotopic (exact) mass is 597 g/mol. The number of rotatable bonds is 10. The van der Waals surface area contributed by atoms with Gasteiger partial charge in [-0.2, -0.15) is 0 Å². The molecule has 1 aliphatic rings. The summed E-state index contributed by atoms with van der Waals surface area (Å²) in [7, 11) is 0. The molecule has 8 nitrogen and oxygen atoms in total. The molecule has 9 heteroatoms. The Kier molecular flexibility index (Phi) is 10.5. The van der Waals surface area contributed by atoms with Crippen molar-refractivity contribution < 1.29 is 24.2 Å². The van der Waals surface area contributed by atoms with E-state index < -0.39 is 6.29 Å². The lowest BCUT2D eigenvalue weighted by molar-refractivity contribution is -0.245. The molecule has 5 rings (SSSR count). The molecule has 1 heterocycles. The van der Waals surface area contributed by atoms with Crippen LogP contribution in [0, 0.1) is 0 Å². The van der Waals surface area contributed by atoms with Gasteiger partial charge < -0.3 is 30.5 Å². The van der Waals surface area contributed by atoms with E-state index in [4.69, 9.17) is 9.47 Å². The molecule has 1 saturated heterocycles. The third-order valence-electron chi connectivity index (χ3n) is 6.94. The Morgan fingerprint density at radius 1 is 0.814 bits per heavy atom. The molecule has 0 bridgehead atoms. The van der Waals surface area contributed by atoms with Gasteiger partial charge in [0.25, 0.3) is 0 Å². The molecule has 4 aromatic carbocycles. The average Bonchev–Trinajstić information content (AvgIpc) is 3.04. The summed E-state index contributed by atoms with van der Waals surface area (Å²) in [6.07, 6.45) is -0.318. The quantitative estimate of drug-likeness (QED) is 0.150. The lowest BCUT2D eigenvalue weighted by Crippen LogP contribution is -2.31. The van der Waals surface area contributed by atoms with Crippen LogP contribution < -0.4 is 16.0 Å². The number of nitrogens with one attached hydrogen (secondary N) is 3. The van der Waals surface area contributed by atoms with Gasteiger partial charge in [0.2, 0.25) is 5.91 Å². The highest BCUT2D eigenvalue weighted by molar-refractivity contribution is 7.99. The molecule has 3 unspecified atom stereocenters. The molecule has 1 aliphatic heterocycles. The Morgan fingerprint density at radius 2 is 1.58 bits per heavy atom. The maximum Gasteiger partial charge on any atom is 0.319 e. The van der Waals surface area contributed by atoms with Crippen LogP contribution in [0.1, 0.15) is 48.0 Å². The molecule has 0 spiro atoms. The Bertz CT molecular complexity index is 1500. The summed E-state index contributed by atoms with van der Waals surface area (Å²) in [6, 6.07) is 32.5. The van der Waals surface area contributed by atoms with Crippen LogP contribution in [0.5, 0.6) is 0 Å². The molecule has 43 heavy (non-hydrogen) atoms. The number of amides is 3. The molecule has 1 fully saturated rings. The number of carbonyl (C=O) groups is 2. The fourth-order valence-corrected chi connectivity index (χ4v) is 5.69. The number of ether oxygens (including phenoxy) is 2. The SMILES string of the molecule is CC(=O)Nc1ccc(SCC2CC(c3ccc(CO)cc3)OC(c3cccc(NC(=O)NCc4ccccc4)c3)O2)cc1. The van der Waals surface area contributed by atoms with Gasteiger partial charge in [-0.25, -0.2) is 4.79 Å². The minimum atomic E-state index is -0.641. The van der Waals surface area contributed by atoms with E-state index in [1.54, 1.807) is 11.8 Å². The molecule has 0 aromatic heterocycles. The third-order valence-corrected chi connectivity index (χ3v) is 8.08. The van der Waals surface area contributed by atoms with Crippen molar-refractivity contribution in [3.8, 4) is 0 Å². The average molecular weight is 598 g/mol. The van der Waals surface area contributed by atoms with Crippen LogP contribution in [-0.4, -0.2) is 28.9 Å². The van der Waals surface area contributed by atoms with Gasteiger partial charge in [-0.05, 0) is 53.1 Å². The lowest BCUT2D eigenvalue weighted by atomic mass is 10.0. The van der Waals surface area contributed by atoms with E-state index in [1.807, 2.05) is 103 Å². The number of benzene rings is 4. The molecule has 0 saturated carbocycles. The predicted molar refractivity (Wildman–Crippen MR) is 169 cm³/mol. The highest BCUT2D eigenvalue weighted by atomic mass is 32.2. The zero-order valence-corrected chi connectivity index (χ0v) is 24.7. The van der Waals surface area contributed by atoms with Crippen LogP contribution in [-0.2, 0) is 27.4 Å². The normalized spacial score (nSPS) is 18.0. The molecule has 0 radical (unpaired) electrons. The molecule has 4 aromatic rings. The number of thioether (sulfide) groups is 1. The number of carbonyl (C=O) groups excluding carboxylic acids is 2. The summed E-state index contributed by atoms with van der Waals surface area (Å²) in [5.74, 6) is 0.594. The van der Waals surface area contributed by atoms with Gasteiger partial charge in [-0.15, -0.1) is 11.8 Å². The zero-order chi connectivity index (χ0) is 30.0. The lowest BCUT2D eigenvalue weighted by Gasteiger charge is -2.36. The van der Waals surface area contributed by atoms with Gasteiger partial charge in [0, 0.05) is 47.5 Å². The standard InChI is InChI=1S/C34H35N3O5S/c1-23(39)36-28-14-16-31(17-15-28)43-22-30-19-32(26-12-10-25(21-38)11-13-26)42-33(41-30)27-8-5-9-29(18-27)37-34(40)35-20-24-6-3-2-4-7-24/h2-18,30,32-33,38H,19-22H2,1H3,(H,36,39)(H2,35,37,40). The Morgan fingerprint density at radius 3 is 2.30 bits per heavy atom. The maximum atomic E-state index is 12.6. The first-order valence-corrected chi connectivity index (χ1v) is 15.1. The van der Waals surface area contributed by atoms with E-state index in [2.05, 4.69) is 16.0 Å². The first-order valence-electron chi connectivity index (χ1n) is 14.1. The van der Waals surface area contributed by atoms with E-state index in [-0.39, 0.29) is 30.8 Å². The van der Waals surface area contributed by atoms with E-state index in [0.717, 1.165) is 32.8 Å². The van der Waals surface area contributed by atoms with Gasteiger partial charge in [0.05, 0.1) is 18.8 Å². The fourth-order valence-electron chi connectivity index (χ4n) is 4.77. The summed E-state index contributed by atoms with van der Waals surface area (Å²) >= 11 is 1.68. The van der Waals surface area contributed by atoms with Crippen molar-refractivity contribution >= 4 is 35.1 Å². The van der Waals surface area contributed by atoms with Gasteiger partial charge >= 0.3 is 6.03 Å². The molecule has 0 aliphatic carbocycles. The second-order valence-electron chi connectivity index (χ2n) is 10.3. The third kappa shape index (κ3) is 8.92. The number of urea groups is 1. The van der Waals surface area contributed by atoms with Crippen LogP contribution in [0.2, 0.25) is 0 Å². The van der Waals surface area contributed by atoms with Gasteiger partial charge in [-0.3, -0.25) is 4.79 Å². The van der Waals surface area contributed by atoms with Crippen molar-refractivity contribution in [2.24, 2.45) is 0 Å². The van der Waals surface area contributed by atoms with Crippen LogP contribution in [0.15, 0.2) is 108 Å². The van der Waals surface area contributed by atoms with Crippen molar-refractivity contribution in [2.45, 2.75) is 49.9 Å². The molecule has 3 amide bonds. The predicted octanol–water partition coefficient (Wildman–Crippen LogP) is 6.80. The largest absolute Gasteiger partial charge is 0.392 e. The van der Waals surface area contributed by atoms with E-state index >= 15 is 0 Å². The van der Waals surface area contributed by atoms with Crippen molar-refractivity contribution in [1.82, 2.24) is 5.32 Å². The second-order valence-corrected chi connectivity index (χ2v) is 11.4. The van der Waals surface area contributed by atoms with Crippen LogP contribution in [0.4, 0.5) is 16.2 Å². The summed E-state index contributed by atoms with van der Waals surface area (Å²) < 4.78 is 12.9. The molecule has 4 N–H and O–H groups in total. The Balaban J connectivity index is 1.27. The number of hydrogen-bond acceptors (Lipinski definition) is 6. The zero-order valence-electron chi connectivity index (χ0n) is 23.9. The van der Waals surface area contributed by atoms with Gasteiger partial charge in [0.15, 0.2) is 6.29 Å². The van der Waals surface area contributed by atoms with Crippen molar-refractivity contribution in [3.63, 3.8) is 0 Å². The number of aliphatic hydroxyl groups is 1. The highest BCUT2D eigenvalue weighted by Crippen LogP contribution is 2.40. The minimum Gasteiger partial charge on any atom is -0.392 e. The number of anilines is 2. The van der Waals surface area contributed by atoms with E-state index in [9.17, 15) is 14.7 Å². The van der Waals surface area contributed by atoms with Crippen molar-refractivity contribution in [3.05, 3.63) is 125 Å². The van der Waals surface area contributed by atoms with Crippen molar-refractivity contribution in [1.29, 1.82) is 0 Å². The molecular weight excluding hydrogens is 562 g/mol. The molecular formula is C34H35N3O5S. The van der Waals surface area contributed by atoms with Gasteiger partial charge in [0.1, 0.15) is 0 Å². The molecule has 222 valence electrons. The first-order chi connectivity index (χ1) is 20.9. The van der Waals surface area contributed by atoms with E-state index in [0.29, 0.717) is 24.4 Å². The summed E-state index contributed by atoms with van der Waals surface area (Å²) in [4.78, 5) is 25.0. The van der Waals surface area contributed by atoms with E-state index in [1.165, 1.54) is 6.92 Å². The van der Waals surface area contributed by atoms with Crippen LogP contribution in [0.3, 0.4) is 0 Å². The smallest absolute Gasteiger partial charge is 0.319 e. The van der Waals surface area contributed by atoms with Crippen LogP contribution >= 0.6 is 11.8 Å². The maximum absolute atomic E-state index is 12.6. The van der Waals surface area contributed by atoms with Gasteiger partial charge in [-0.1, -0.05) is 66.7 Å². The first kappa shape index (κ1) is 30.3. The topological polar surface area (TPSA) is 109 Å². The van der Waals surface area contributed by atoms with Crippen molar-refractivity contribution in [2.75, 3.05) is 16.4 Å².